The quantitative estimate of drug-likeness (QED) is 0.669. The summed E-state index contributed by atoms with van der Waals surface area (Å²) in [6.07, 6.45) is 0.808. The van der Waals surface area contributed by atoms with E-state index in [1.165, 1.54) is 0 Å². The zero-order valence-electron chi connectivity index (χ0n) is 15.5. The Morgan fingerprint density at radius 2 is 1.57 bits per heavy atom. The third-order valence-corrected chi connectivity index (χ3v) is 6.81. The number of hydrogen-bond donors (Lipinski definition) is 0. The first-order valence-corrected chi connectivity index (χ1v) is 11.6. The van der Waals surface area contributed by atoms with Crippen LogP contribution in [0.25, 0.3) is 0 Å². The number of sulfone groups is 1. The highest BCUT2D eigenvalue weighted by Gasteiger charge is 2.28. The van der Waals surface area contributed by atoms with Gasteiger partial charge in [0.15, 0.2) is 9.84 Å². The van der Waals surface area contributed by atoms with Crippen LogP contribution in [-0.2, 0) is 26.4 Å². The van der Waals surface area contributed by atoms with Gasteiger partial charge in [-0.3, -0.25) is 0 Å². The van der Waals surface area contributed by atoms with Gasteiger partial charge < -0.3 is 0 Å². The van der Waals surface area contributed by atoms with Crippen LogP contribution in [0.5, 0.6) is 0 Å². The lowest BCUT2D eigenvalue weighted by Crippen LogP contribution is -2.34. The normalized spacial score (nSPS) is 12.7. The van der Waals surface area contributed by atoms with E-state index in [1.807, 2.05) is 0 Å². The lowest BCUT2D eigenvalue weighted by Gasteiger charge is -2.24. The van der Waals surface area contributed by atoms with Crippen LogP contribution >= 0.6 is 0 Å². The lowest BCUT2D eigenvalue weighted by atomic mass is 10.2. The summed E-state index contributed by atoms with van der Waals surface area (Å²) in [5.74, 6) is -3.03. The van der Waals surface area contributed by atoms with E-state index in [4.69, 9.17) is 0 Å². The SMILES string of the molecule is CC(C)CN(Cc1ccc(F)cc1F)S(=O)(=O)c1ccc(S(C)(=O)=O)c(F)c1. The van der Waals surface area contributed by atoms with Gasteiger partial charge in [-0.25, -0.2) is 30.0 Å². The predicted octanol–water partition coefficient (Wildman–Crippen LogP) is 3.35. The van der Waals surface area contributed by atoms with Gasteiger partial charge in [0, 0.05) is 31.0 Å². The molecule has 0 saturated heterocycles. The van der Waals surface area contributed by atoms with Crippen LogP contribution in [0.3, 0.4) is 0 Å². The van der Waals surface area contributed by atoms with Gasteiger partial charge in [-0.2, -0.15) is 4.31 Å². The summed E-state index contributed by atoms with van der Waals surface area (Å²) in [6, 6.07) is 5.29. The maximum Gasteiger partial charge on any atom is 0.243 e. The molecule has 2 aromatic rings. The van der Waals surface area contributed by atoms with Crippen LogP contribution in [0.15, 0.2) is 46.2 Å². The Balaban J connectivity index is 2.48. The molecule has 0 fully saturated rings. The van der Waals surface area contributed by atoms with Crippen LogP contribution in [-0.4, -0.2) is 33.9 Å². The van der Waals surface area contributed by atoms with Crippen molar-refractivity contribution in [3.63, 3.8) is 0 Å². The maximum atomic E-state index is 14.2. The molecule has 0 saturated carbocycles. The summed E-state index contributed by atoms with van der Waals surface area (Å²) in [5, 5.41) is 0. The summed E-state index contributed by atoms with van der Waals surface area (Å²) in [6.45, 7) is 3.10. The van der Waals surface area contributed by atoms with Crippen molar-refractivity contribution < 1.29 is 30.0 Å². The molecule has 0 heterocycles. The van der Waals surface area contributed by atoms with E-state index < -0.39 is 47.1 Å². The summed E-state index contributed by atoms with van der Waals surface area (Å²) in [4.78, 5) is -1.08. The molecule has 5 nitrogen and oxygen atoms in total. The van der Waals surface area contributed by atoms with Crippen molar-refractivity contribution >= 4 is 19.9 Å². The van der Waals surface area contributed by atoms with Gasteiger partial charge in [0.25, 0.3) is 0 Å². The zero-order chi connectivity index (χ0) is 21.3. The van der Waals surface area contributed by atoms with Crippen molar-refractivity contribution in [1.82, 2.24) is 4.31 Å². The van der Waals surface area contributed by atoms with Crippen molar-refractivity contribution in [1.29, 1.82) is 0 Å². The zero-order valence-corrected chi connectivity index (χ0v) is 17.1. The number of sulfonamides is 1. The lowest BCUT2D eigenvalue weighted by molar-refractivity contribution is 0.356. The Bertz CT molecular complexity index is 1080. The van der Waals surface area contributed by atoms with Crippen LogP contribution < -0.4 is 0 Å². The topological polar surface area (TPSA) is 71.5 Å². The van der Waals surface area contributed by atoms with E-state index in [9.17, 15) is 30.0 Å². The third kappa shape index (κ3) is 5.12. The van der Waals surface area contributed by atoms with Crippen LogP contribution in [0, 0.1) is 23.4 Å². The molecule has 0 aromatic heterocycles. The van der Waals surface area contributed by atoms with Crippen LogP contribution in [0.4, 0.5) is 13.2 Å². The third-order valence-electron chi connectivity index (χ3n) is 3.87. The Labute approximate surface area is 162 Å². The molecule has 28 heavy (non-hydrogen) atoms. The van der Waals surface area contributed by atoms with Crippen LogP contribution in [0.2, 0.25) is 0 Å². The van der Waals surface area contributed by atoms with Gasteiger partial charge in [0.2, 0.25) is 10.0 Å². The standard InChI is InChI=1S/C18H20F3NO4S2/c1-12(2)10-22(11-13-4-5-14(19)8-16(13)20)28(25,26)15-6-7-18(17(21)9-15)27(3,23)24/h4-9,12H,10-11H2,1-3H3. The number of rotatable bonds is 7. The van der Waals surface area contributed by atoms with Gasteiger partial charge in [-0.1, -0.05) is 19.9 Å². The van der Waals surface area contributed by atoms with Gasteiger partial charge >= 0.3 is 0 Å². The first kappa shape index (κ1) is 22.4. The molecule has 0 bridgehead atoms. The Kier molecular flexibility index (Phi) is 6.57. The minimum atomic E-state index is -4.27. The smallest absolute Gasteiger partial charge is 0.224 e. The molecule has 2 aromatic carbocycles. The number of halogens is 3. The summed E-state index contributed by atoms with van der Waals surface area (Å²) < 4.78 is 91.2. The monoisotopic (exact) mass is 435 g/mol. The predicted molar refractivity (Wildman–Crippen MR) is 98.3 cm³/mol. The molecule has 2 rings (SSSR count). The molecule has 0 N–H and O–H groups in total. The van der Waals surface area contributed by atoms with Crippen molar-refractivity contribution in [2.24, 2.45) is 5.92 Å². The maximum absolute atomic E-state index is 14.2. The fraction of sp³-hybridized carbons (Fsp3) is 0.333. The highest BCUT2D eigenvalue weighted by Crippen LogP contribution is 2.24. The summed E-state index contributed by atoms with van der Waals surface area (Å²) in [7, 11) is -8.13. The second kappa shape index (κ2) is 8.22. The molecule has 10 heteroatoms. The van der Waals surface area contributed by atoms with E-state index in [1.54, 1.807) is 13.8 Å². The number of hydrogen-bond acceptors (Lipinski definition) is 4. The van der Waals surface area contributed by atoms with Crippen molar-refractivity contribution in [2.45, 2.75) is 30.2 Å². The Morgan fingerprint density at radius 3 is 2.07 bits per heavy atom. The summed E-state index contributed by atoms with van der Waals surface area (Å²) in [5.41, 5.74) is -0.0427. The van der Waals surface area contributed by atoms with E-state index >= 15 is 0 Å². The molecule has 0 unspecified atom stereocenters. The second-order valence-corrected chi connectivity index (χ2v) is 10.7. The first-order chi connectivity index (χ1) is 12.8. The van der Waals surface area contributed by atoms with Gasteiger partial charge in [-0.15, -0.1) is 0 Å². The Hall–Kier alpha value is -1.91. The van der Waals surface area contributed by atoms with Gasteiger partial charge in [0.05, 0.1) is 4.90 Å². The molecule has 0 aliphatic rings. The fourth-order valence-electron chi connectivity index (χ4n) is 2.59. The molecule has 0 radical (unpaired) electrons. The highest BCUT2D eigenvalue weighted by atomic mass is 32.2. The van der Waals surface area contributed by atoms with Gasteiger partial charge in [-0.05, 0) is 30.2 Å². The highest BCUT2D eigenvalue weighted by molar-refractivity contribution is 7.90. The largest absolute Gasteiger partial charge is 0.243 e. The molecule has 0 aliphatic heterocycles. The molecular weight excluding hydrogens is 415 g/mol. The molecule has 0 amide bonds. The fourth-order valence-corrected chi connectivity index (χ4v) is 4.91. The average molecular weight is 435 g/mol. The molecule has 0 spiro atoms. The molecule has 0 aliphatic carbocycles. The van der Waals surface area contributed by atoms with Crippen molar-refractivity contribution in [3.8, 4) is 0 Å². The number of benzene rings is 2. The average Bonchev–Trinajstić information content (AvgIpc) is 2.54. The van der Waals surface area contributed by atoms with Crippen molar-refractivity contribution in [3.05, 3.63) is 59.4 Å². The van der Waals surface area contributed by atoms with E-state index in [0.717, 1.165) is 34.8 Å². The van der Waals surface area contributed by atoms with Crippen LogP contribution in [0.1, 0.15) is 19.4 Å². The summed E-state index contributed by atoms with van der Waals surface area (Å²) >= 11 is 0. The minimum absolute atomic E-state index is 0.00536. The minimum Gasteiger partial charge on any atom is -0.224 e. The second-order valence-electron chi connectivity index (χ2n) is 6.79. The van der Waals surface area contributed by atoms with E-state index in [2.05, 4.69) is 0 Å². The first-order valence-electron chi connectivity index (χ1n) is 8.26. The molecule has 0 atom stereocenters. The molecular formula is C18H20F3NO4S2. The van der Waals surface area contributed by atoms with Gasteiger partial charge in [0.1, 0.15) is 22.3 Å². The molecule has 154 valence electrons. The van der Waals surface area contributed by atoms with E-state index in [0.29, 0.717) is 12.1 Å². The Morgan fingerprint density at radius 1 is 0.929 bits per heavy atom. The van der Waals surface area contributed by atoms with E-state index in [-0.39, 0.29) is 24.6 Å². The number of nitrogens with zero attached hydrogens (tertiary/aromatic N) is 1. The van der Waals surface area contributed by atoms with Crippen molar-refractivity contribution in [2.75, 3.05) is 12.8 Å².